The van der Waals surface area contributed by atoms with Crippen LogP contribution in [0.2, 0.25) is 0 Å². The van der Waals surface area contributed by atoms with Crippen LogP contribution in [0.1, 0.15) is 11.1 Å². The number of hydrogen-bond donors (Lipinski definition) is 2. The van der Waals surface area contributed by atoms with Crippen molar-refractivity contribution in [2.45, 2.75) is 23.1 Å². The van der Waals surface area contributed by atoms with Crippen LogP contribution < -0.4 is 5.73 Å². The van der Waals surface area contributed by atoms with E-state index in [2.05, 4.69) is 20.9 Å². The van der Waals surface area contributed by atoms with Crippen LogP contribution in [-0.2, 0) is 13.2 Å². The average Bonchev–Trinajstić information content (AvgIpc) is 2.40. The second kappa shape index (κ2) is 6.33. The molecule has 0 aliphatic heterocycles. The third-order valence-electron chi connectivity index (χ3n) is 2.51. The molecule has 0 unspecified atom stereocenters. The summed E-state index contributed by atoms with van der Waals surface area (Å²) in [5, 5.41) is 10.1. The summed E-state index contributed by atoms with van der Waals surface area (Å²) in [5.41, 5.74) is 7.64. The number of aliphatic hydroxyl groups is 1. The van der Waals surface area contributed by atoms with Gasteiger partial charge in [0.15, 0.2) is 0 Å². The average molecular weight is 325 g/mol. The van der Waals surface area contributed by atoms with E-state index in [0.29, 0.717) is 6.54 Å². The molecule has 2 rings (SSSR count). The molecule has 5 heteroatoms. The number of benzene rings is 1. The summed E-state index contributed by atoms with van der Waals surface area (Å²) in [5.74, 6) is 0. The Balaban J connectivity index is 2.37. The van der Waals surface area contributed by atoms with Crippen molar-refractivity contribution in [1.29, 1.82) is 0 Å². The molecule has 0 aliphatic carbocycles. The number of pyridine rings is 1. The van der Waals surface area contributed by atoms with Crippen molar-refractivity contribution in [1.82, 2.24) is 4.98 Å². The lowest BCUT2D eigenvalue weighted by molar-refractivity contribution is 0.278. The van der Waals surface area contributed by atoms with Gasteiger partial charge in [-0.3, -0.25) is 0 Å². The molecule has 2 aromatic rings. The van der Waals surface area contributed by atoms with E-state index in [1.165, 1.54) is 11.8 Å². The van der Waals surface area contributed by atoms with Gasteiger partial charge in [0.05, 0.1) is 6.61 Å². The van der Waals surface area contributed by atoms with Crippen LogP contribution in [-0.4, -0.2) is 10.1 Å². The number of aliphatic hydroxyl groups excluding tert-OH is 1. The van der Waals surface area contributed by atoms with Crippen LogP contribution >= 0.6 is 27.7 Å². The van der Waals surface area contributed by atoms with Gasteiger partial charge in [0.2, 0.25) is 0 Å². The zero-order valence-corrected chi connectivity index (χ0v) is 12.0. The maximum absolute atomic E-state index is 9.29. The smallest absolute Gasteiger partial charge is 0.106 e. The number of rotatable bonds is 4. The molecule has 0 saturated heterocycles. The van der Waals surface area contributed by atoms with Crippen LogP contribution in [0.4, 0.5) is 0 Å². The van der Waals surface area contributed by atoms with E-state index in [-0.39, 0.29) is 6.61 Å². The normalized spacial score (nSPS) is 10.6. The number of aromatic nitrogens is 1. The zero-order valence-electron chi connectivity index (χ0n) is 9.64. The molecule has 18 heavy (non-hydrogen) atoms. The lowest BCUT2D eigenvalue weighted by atomic mass is 10.2. The first-order valence-electron chi connectivity index (χ1n) is 5.46. The van der Waals surface area contributed by atoms with E-state index in [1.807, 2.05) is 30.3 Å². The number of nitrogens with zero attached hydrogens (tertiary/aromatic N) is 1. The van der Waals surface area contributed by atoms with Crippen molar-refractivity contribution in [3.8, 4) is 0 Å². The lowest BCUT2D eigenvalue weighted by Crippen LogP contribution is -2.00. The van der Waals surface area contributed by atoms with E-state index in [1.54, 1.807) is 6.20 Å². The van der Waals surface area contributed by atoms with Crippen LogP contribution in [0.3, 0.4) is 0 Å². The van der Waals surface area contributed by atoms with Gasteiger partial charge in [-0.15, -0.1) is 0 Å². The molecule has 1 aromatic heterocycles. The predicted molar refractivity (Wildman–Crippen MR) is 76.3 cm³/mol. The molecule has 94 valence electrons. The van der Waals surface area contributed by atoms with Crippen LogP contribution in [0.15, 0.2) is 50.9 Å². The van der Waals surface area contributed by atoms with Crippen molar-refractivity contribution in [2.24, 2.45) is 5.73 Å². The maximum Gasteiger partial charge on any atom is 0.106 e. The highest BCUT2D eigenvalue weighted by molar-refractivity contribution is 9.10. The fraction of sp³-hybridized carbons (Fsp3) is 0.154. The molecular weight excluding hydrogens is 312 g/mol. The van der Waals surface area contributed by atoms with Gasteiger partial charge in [0.1, 0.15) is 5.03 Å². The highest BCUT2D eigenvalue weighted by atomic mass is 79.9. The van der Waals surface area contributed by atoms with Crippen molar-refractivity contribution in [3.63, 3.8) is 0 Å². The molecule has 0 amide bonds. The highest BCUT2D eigenvalue weighted by Crippen LogP contribution is 2.34. The van der Waals surface area contributed by atoms with E-state index in [9.17, 15) is 5.11 Å². The summed E-state index contributed by atoms with van der Waals surface area (Å²) in [6.07, 6.45) is 1.72. The van der Waals surface area contributed by atoms with E-state index in [0.717, 1.165) is 25.5 Å². The highest BCUT2D eigenvalue weighted by Gasteiger charge is 2.09. The Hall–Kier alpha value is -0.880. The lowest BCUT2D eigenvalue weighted by Gasteiger charge is -2.10. The molecule has 0 aliphatic rings. The standard InChI is InChI=1S/C13H13BrN2OS/c14-11-4-1-5-12(10(11)7-15)18-13-9(8-17)3-2-6-16-13/h1-6,17H,7-8,15H2. The van der Waals surface area contributed by atoms with E-state index in [4.69, 9.17) is 5.73 Å². The summed E-state index contributed by atoms with van der Waals surface area (Å²) in [4.78, 5) is 5.35. The molecule has 1 heterocycles. The fourth-order valence-corrected chi connectivity index (χ4v) is 3.28. The van der Waals surface area contributed by atoms with Crippen molar-refractivity contribution < 1.29 is 5.11 Å². The number of hydrogen-bond acceptors (Lipinski definition) is 4. The Morgan fingerprint density at radius 2 is 2.11 bits per heavy atom. The number of halogens is 1. The molecule has 0 bridgehead atoms. The Morgan fingerprint density at radius 3 is 2.83 bits per heavy atom. The topological polar surface area (TPSA) is 59.1 Å². The Bertz CT molecular complexity index is 548. The second-order valence-electron chi connectivity index (χ2n) is 3.65. The molecular formula is C13H13BrN2OS. The molecule has 0 atom stereocenters. The molecule has 3 N–H and O–H groups in total. The van der Waals surface area contributed by atoms with Gasteiger partial charge < -0.3 is 10.8 Å². The predicted octanol–water partition coefficient (Wildman–Crippen LogP) is 2.95. The Morgan fingerprint density at radius 1 is 1.28 bits per heavy atom. The molecule has 1 aromatic carbocycles. The Kier molecular flexibility index (Phi) is 4.77. The quantitative estimate of drug-likeness (QED) is 0.907. The van der Waals surface area contributed by atoms with Crippen molar-refractivity contribution >= 4 is 27.7 Å². The first-order chi connectivity index (χ1) is 8.76. The first kappa shape index (κ1) is 13.5. The molecule has 0 spiro atoms. The molecule has 0 radical (unpaired) electrons. The van der Waals surface area contributed by atoms with Gasteiger partial charge >= 0.3 is 0 Å². The first-order valence-corrected chi connectivity index (χ1v) is 7.07. The SMILES string of the molecule is NCc1c(Br)cccc1Sc1ncccc1CO. The molecule has 0 saturated carbocycles. The minimum Gasteiger partial charge on any atom is -0.392 e. The maximum atomic E-state index is 9.29. The van der Waals surface area contributed by atoms with Gasteiger partial charge in [-0.1, -0.05) is 39.8 Å². The zero-order chi connectivity index (χ0) is 13.0. The Labute approximate surface area is 119 Å². The van der Waals surface area contributed by atoms with Gasteiger partial charge in [0.25, 0.3) is 0 Å². The van der Waals surface area contributed by atoms with Gasteiger partial charge in [-0.2, -0.15) is 0 Å². The number of nitrogens with two attached hydrogens (primary N) is 1. The third-order valence-corrected chi connectivity index (χ3v) is 4.41. The van der Waals surface area contributed by atoms with Gasteiger partial charge in [0, 0.05) is 27.7 Å². The fourth-order valence-electron chi connectivity index (χ4n) is 1.57. The minimum absolute atomic E-state index is 0.0118. The van der Waals surface area contributed by atoms with Crippen LogP contribution in [0.25, 0.3) is 0 Å². The third kappa shape index (κ3) is 2.92. The summed E-state index contributed by atoms with van der Waals surface area (Å²) in [6.45, 7) is 0.452. The minimum atomic E-state index is -0.0118. The van der Waals surface area contributed by atoms with Gasteiger partial charge in [-0.05, 0) is 23.8 Å². The summed E-state index contributed by atoms with van der Waals surface area (Å²) < 4.78 is 0.997. The summed E-state index contributed by atoms with van der Waals surface area (Å²) in [6, 6.07) is 9.63. The monoisotopic (exact) mass is 324 g/mol. The van der Waals surface area contributed by atoms with Crippen LogP contribution in [0.5, 0.6) is 0 Å². The molecule has 3 nitrogen and oxygen atoms in total. The largest absolute Gasteiger partial charge is 0.392 e. The van der Waals surface area contributed by atoms with Gasteiger partial charge in [-0.25, -0.2) is 4.98 Å². The van der Waals surface area contributed by atoms with E-state index >= 15 is 0 Å². The van der Waals surface area contributed by atoms with Crippen LogP contribution in [0, 0.1) is 0 Å². The van der Waals surface area contributed by atoms with Crippen molar-refractivity contribution in [2.75, 3.05) is 0 Å². The second-order valence-corrected chi connectivity index (χ2v) is 5.53. The summed E-state index contributed by atoms with van der Waals surface area (Å²) >= 11 is 5.02. The summed E-state index contributed by atoms with van der Waals surface area (Å²) in [7, 11) is 0. The van der Waals surface area contributed by atoms with Crippen molar-refractivity contribution in [3.05, 3.63) is 52.1 Å². The van der Waals surface area contributed by atoms with E-state index < -0.39 is 0 Å². The molecule has 0 fully saturated rings.